The van der Waals surface area contributed by atoms with Gasteiger partial charge in [-0.25, -0.2) is 9.97 Å². The molecule has 0 aliphatic rings. The summed E-state index contributed by atoms with van der Waals surface area (Å²) in [5.74, 6) is 0.0455. The number of hydrogen-bond acceptors (Lipinski definition) is 4. The van der Waals surface area contributed by atoms with Crippen LogP contribution in [-0.4, -0.2) is 15.8 Å². The molecule has 0 aromatic carbocycles. The number of hydrogen-bond donors (Lipinski definition) is 0. The normalized spacial score (nSPS) is 10.7. The molecule has 0 aliphatic heterocycles. The van der Waals surface area contributed by atoms with Crippen LogP contribution in [0.2, 0.25) is 5.15 Å². The first-order valence-electron chi connectivity index (χ1n) is 4.17. The highest BCUT2D eigenvalue weighted by Crippen LogP contribution is 2.22. The van der Waals surface area contributed by atoms with E-state index in [0.717, 1.165) is 5.52 Å². The third-order valence-electron chi connectivity index (χ3n) is 1.78. The van der Waals surface area contributed by atoms with Gasteiger partial charge in [-0.15, -0.1) is 0 Å². The van der Waals surface area contributed by atoms with Gasteiger partial charge < -0.3 is 0 Å². The smallest absolute Gasteiger partial charge is 0.191 e. The van der Waals surface area contributed by atoms with Crippen molar-refractivity contribution in [2.75, 3.05) is 0 Å². The maximum atomic E-state index is 11.4. The Kier molecular flexibility index (Phi) is 2.48. The van der Waals surface area contributed by atoms with E-state index in [1.807, 2.05) is 6.92 Å². The molecule has 0 saturated heterocycles. The highest BCUT2D eigenvalue weighted by atomic mass is 35.5. The molecule has 2 aromatic heterocycles. The Morgan fingerprint density at radius 2 is 2.29 bits per heavy atom. The van der Waals surface area contributed by atoms with Crippen molar-refractivity contribution < 1.29 is 4.79 Å². The molecule has 0 N–H and O–H groups in total. The highest BCUT2D eigenvalue weighted by molar-refractivity contribution is 7.19. The predicted octanol–water partition coefficient (Wildman–Crippen LogP) is 2.94. The van der Waals surface area contributed by atoms with E-state index < -0.39 is 0 Å². The molecule has 2 heterocycles. The molecule has 0 saturated carbocycles. The van der Waals surface area contributed by atoms with Crippen molar-refractivity contribution in [1.29, 1.82) is 0 Å². The lowest BCUT2D eigenvalue weighted by Crippen LogP contribution is -1.93. The van der Waals surface area contributed by atoms with Gasteiger partial charge in [-0.1, -0.05) is 29.9 Å². The average molecular weight is 227 g/mol. The quantitative estimate of drug-likeness (QED) is 0.584. The zero-order valence-corrected chi connectivity index (χ0v) is 9.02. The Morgan fingerprint density at radius 1 is 1.50 bits per heavy atom. The Labute approximate surface area is 89.8 Å². The number of carbonyl (C=O) groups excluding carboxylic acids is 1. The number of pyridine rings is 1. The molecular formula is C9H7ClN2OS. The van der Waals surface area contributed by atoms with E-state index in [0.29, 0.717) is 21.4 Å². The number of thiazole rings is 1. The second kappa shape index (κ2) is 3.63. The first-order valence-corrected chi connectivity index (χ1v) is 5.36. The Bertz CT molecular complexity index is 495. The summed E-state index contributed by atoms with van der Waals surface area (Å²) < 4.78 is 0. The van der Waals surface area contributed by atoms with Crippen LogP contribution in [-0.2, 0) is 0 Å². The summed E-state index contributed by atoms with van der Waals surface area (Å²) in [6, 6.07) is 3.44. The number of halogens is 1. The fourth-order valence-corrected chi connectivity index (χ4v) is 2.21. The molecule has 2 rings (SSSR count). The summed E-state index contributed by atoms with van der Waals surface area (Å²) in [5, 5.41) is 0.939. The predicted molar refractivity (Wildman–Crippen MR) is 57.0 cm³/mol. The van der Waals surface area contributed by atoms with E-state index in [-0.39, 0.29) is 5.78 Å². The highest BCUT2D eigenvalue weighted by Gasteiger charge is 2.10. The van der Waals surface area contributed by atoms with E-state index in [9.17, 15) is 4.79 Å². The Hall–Kier alpha value is -1.00. The molecule has 0 bridgehead atoms. The first-order chi connectivity index (χ1) is 6.70. The molecule has 0 fully saturated rings. The lowest BCUT2D eigenvalue weighted by Gasteiger charge is -1.85. The van der Waals surface area contributed by atoms with Crippen molar-refractivity contribution in [3.8, 4) is 0 Å². The summed E-state index contributed by atoms with van der Waals surface area (Å²) in [6.45, 7) is 1.81. The van der Waals surface area contributed by atoms with Gasteiger partial charge in [-0.2, -0.15) is 0 Å². The fraction of sp³-hybridized carbons (Fsp3) is 0.222. The molecule has 0 atom stereocenters. The van der Waals surface area contributed by atoms with E-state index >= 15 is 0 Å². The number of aromatic nitrogens is 2. The minimum Gasteiger partial charge on any atom is -0.292 e. The number of nitrogens with zero attached hydrogens (tertiary/aromatic N) is 2. The molecule has 0 radical (unpaired) electrons. The molecule has 2 aromatic rings. The van der Waals surface area contributed by atoms with Crippen molar-refractivity contribution in [3.63, 3.8) is 0 Å². The second-order valence-corrected chi connectivity index (χ2v) is 4.12. The van der Waals surface area contributed by atoms with Crippen molar-refractivity contribution in [2.24, 2.45) is 0 Å². The van der Waals surface area contributed by atoms with Crippen molar-refractivity contribution in [1.82, 2.24) is 9.97 Å². The fourth-order valence-electron chi connectivity index (χ4n) is 1.07. The number of fused-ring (bicyclic) bond motifs is 1. The molecule has 0 unspecified atom stereocenters. The average Bonchev–Trinajstić information content (AvgIpc) is 2.59. The number of rotatable bonds is 2. The van der Waals surface area contributed by atoms with Gasteiger partial charge in [-0.3, -0.25) is 4.79 Å². The Balaban J connectivity index is 2.56. The Morgan fingerprint density at radius 3 is 3.00 bits per heavy atom. The van der Waals surface area contributed by atoms with Crippen LogP contribution in [0, 0.1) is 0 Å². The molecule has 72 valence electrons. The summed E-state index contributed by atoms with van der Waals surface area (Å²) in [5.41, 5.74) is 0.733. The zero-order chi connectivity index (χ0) is 10.1. The van der Waals surface area contributed by atoms with Gasteiger partial charge in [0, 0.05) is 6.42 Å². The minimum absolute atomic E-state index is 0.0455. The largest absolute Gasteiger partial charge is 0.292 e. The summed E-state index contributed by atoms with van der Waals surface area (Å²) >= 11 is 7.01. The molecule has 14 heavy (non-hydrogen) atoms. The summed E-state index contributed by atoms with van der Waals surface area (Å²) in [7, 11) is 0. The molecule has 5 heteroatoms. The van der Waals surface area contributed by atoms with Crippen LogP contribution in [0.1, 0.15) is 23.1 Å². The van der Waals surface area contributed by atoms with E-state index in [1.54, 1.807) is 12.1 Å². The zero-order valence-electron chi connectivity index (χ0n) is 7.45. The van der Waals surface area contributed by atoms with Gasteiger partial charge in [0.2, 0.25) is 0 Å². The summed E-state index contributed by atoms with van der Waals surface area (Å²) in [6.07, 6.45) is 0.466. The van der Waals surface area contributed by atoms with Crippen LogP contribution < -0.4 is 0 Å². The SMILES string of the molecule is CCC(=O)c1nc2ccc(Cl)nc2s1. The third-order valence-corrected chi connectivity index (χ3v) is 3.00. The van der Waals surface area contributed by atoms with E-state index in [4.69, 9.17) is 11.6 Å². The van der Waals surface area contributed by atoms with Gasteiger partial charge in [0.05, 0.1) is 0 Å². The van der Waals surface area contributed by atoms with Gasteiger partial charge in [-0.05, 0) is 12.1 Å². The molecule has 3 nitrogen and oxygen atoms in total. The monoisotopic (exact) mass is 226 g/mol. The van der Waals surface area contributed by atoms with Crippen LogP contribution in [0.5, 0.6) is 0 Å². The van der Waals surface area contributed by atoms with Crippen molar-refractivity contribution in [2.45, 2.75) is 13.3 Å². The topological polar surface area (TPSA) is 42.9 Å². The van der Waals surface area contributed by atoms with Crippen LogP contribution in [0.3, 0.4) is 0 Å². The lowest BCUT2D eigenvalue weighted by atomic mass is 10.3. The summed E-state index contributed by atoms with van der Waals surface area (Å²) in [4.78, 5) is 20.3. The van der Waals surface area contributed by atoms with Crippen LogP contribution >= 0.6 is 22.9 Å². The number of ketones is 1. The van der Waals surface area contributed by atoms with Crippen LogP contribution in [0.25, 0.3) is 10.3 Å². The standard InChI is InChI=1S/C9H7ClN2OS/c1-2-6(13)9-11-5-3-4-7(10)12-8(5)14-9/h3-4H,2H2,1H3. The van der Waals surface area contributed by atoms with Gasteiger partial charge >= 0.3 is 0 Å². The maximum Gasteiger partial charge on any atom is 0.191 e. The van der Waals surface area contributed by atoms with Crippen molar-refractivity contribution in [3.05, 3.63) is 22.3 Å². The third kappa shape index (κ3) is 1.63. The molecule has 0 aliphatic carbocycles. The molecular weight excluding hydrogens is 220 g/mol. The maximum absolute atomic E-state index is 11.4. The van der Waals surface area contributed by atoms with E-state index in [1.165, 1.54) is 11.3 Å². The molecule has 0 spiro atoms. The van der Waals surface area contributed by atoms with Gasteiger partial charge in [0.25, 0.3) is 0 Å². The number of carbonyl (C=O) groups is 1. The van der Waals surface area contributed by atoms with Gasteiger partial charge in [0.1, 0.15) is 15.5 Å². The van der Waals surface area contributed by atoms with E-state index in [2.05, 4.69) is 9.97 Å². The van der Waals surface area contributed by atoms with Crippen molar-refractivity contribution >= 4 is 39.1 Å². The molecule has 0 amide bonds. The first kappa shape index (κ1) is 9.55. The number of Topliss-reactive ketones (excluding diaryl/α,β-unsaturated/α-hetero) is 1. The minimum atomic E-state index is 0.0455. The lowest BCUT2D eigenvalue weighted by molar-refractivity contribution is 0.0988. The van der Waals surface area contributed by atoms with Crippen LogP contribution in [0.15, 0.2) is 12.1 Å². The van der Waals surface area contributed by atoms with Crippen LogP contribution in [0.4, 0.5) is 0 Å². The van der Waals surface area contributed by atoms with Gasteiger partial charge in [0.15, 0.2) is 10.8 Å². The second-order valence-electron chi connectivity index (χ2n) is 2.75.